The first-order valence-electron chi connectivity index (χ1n) is 6.73. The molecule has 0 heterocycles. The van der Waals surface area contributed by atoms with Crippen LogP contribution in [0.15, 0.2) is 48.5 Å². The quantitative estimate of drug-likeness (QED) is 0.884. The summed E-state index contributed by atoms with van der Waals surface area (Å²) in [6.45, 7) is 1.48. The van der Waals surface area contributed by atoms with E-state index in [9.17, 15) is 9.59 Å². The van der Waals surface area contributed by atoms with Crippen molar-refractivity contribution in [3.8, 4) is 11.1 Å². The summed E-state index contributed by atoms with van der Waals surface area (Å²) in [7, 11) is 0. The van der Waals surface area contributed by atoms with Gasteiger partial charge in [-0.3, -0.25) is 9.59 Å². The molecule has 4 heteroatoms. The number of aliphatic carboxylic acids is 1. The van der Waals surface area contributed by atoms with Crippen LogP contribution in [0.4, 0.5) is 5.69 Å². The van der Waals surface area contributed by atoms with E-state index in [2.05, 4.69) is 5.32 Å². The zero-order valence-corrected chi connectivity index (χ0v) is 11.8. The maximum absolute atomic E-state index is 11.0. The highest BCUT2D eigenvalue weighted by Gasteiger charge is 2.02. The van der Waals surface area contributed by atoms with Crippen molar-refractivity contribution in [1.82, 2.24) is 0 Å². The predicted octanol–water partition coefficient (Wildman–Crippen LogP) is 3.33. The number of rotatable bonds is 5. The zero-order valence-electron chi connectivity index (χ0n) is 11.8. The second kappa shape index (κ2) is 6.70. The topological polar surface area (TPSA) is 66.4 Å². The number of hydrogen-bond acceptors (Lipinski definition) is 2. The third-order valence-corrected chi connectivity index (χ3v) is 3.12. The van der Waals surface area contributed by atoms with E-state index in [0.29, 0.717) is 6.42 Å². The molecule has 2 rings (SSSR count). The maximum Gasteiger partial charge on any atom is 0.303 e. The number of aryl methyl sites for hydroxylation is 1. The molecule has 0 fully saturated rings. The minimum atomic E-state index is -0.785. The Morgan fingerprint density at radius 3 is 1.95 bits per heavy atom. The summed E-state index contributed by atoms with van der Waals surface area (Å²) in [6, 6.07) is 15.4. The van der Waals surface area contributed by atoms with Gasteiger partial charge in [0.1, 0.15) is 0 Å². The summed E-state index contributed by atoms with van der Waals surface area (Å²) >= 11 is 0. The molecule has 0 atom stereocenters. The van der Waals surface area contributed by atoms with Gasteiger partial charge in [-0.15, -0.1) is 0 Å². The standard InChI is InChI=1S/C17H17NO3/c1-12(19)18-16-9-7-15(8-10-16)14-5-2-13(3-6-14)4-11-17(20)21/h2-3,5-10H,4,11H2,1H3,(H,18,19)(H,20,21). The molecule has 0 aliphatic heterocycles. The molecule has 0 bridgehead atoms. The second-order valence-corrected chi connectivity index (χ2v) is 4.85. The van der Waals surface area contributed by atoms with Crippen molar-refractivity contribution in [1.29, 1.82) is 0 Å². The Balaban J connectivity index is 2.07. The van der Waals surface area contributed by atoms with Crippen molar-refractivity contribution in [2.75, 3.05) is 5.32 Å². The monoisotopic (exact) mass is 283 g/mol. The van der Waals surface area contributed by atoms with Crippen LogP contribution in [-0.2, 0) is 16.0 Å². The molecule has 1 amide bonds. The number of anilines is 1. The van der Waals surface area contributed by atoms with Gasteiger partial charge in [0.15, 0.2) is 0 Å². The van der Waals surface area contributed by atoms with Crippen molar-refractivity contribution in [3.05, 3.63) is 54.1 Å². The second-order valence-electron chi connectivity index (χ2n) is 4.85. The van der Waals surface area contributed by atoms with Crippen molar-refractivity contribution < 1.29 is 14.7 Å². The summed E-state index contributed by atoms with van der Waals surface area (Å²) in [5.41, 5.74) is 3.89. The van der Waals surface area contributed by atoms with Crippen LogP contribution in [0, 0.1) is 0 Å². The Hall–Kier alpha value is -2.62. The zero-order chi connectivity index (χ0) is 15.2. The van der Waals surface area contributed by atoms with Crippen molar-refractivity contribution in [2.45, 2.75) is 19.8 Å². The molecule has 0 unspecified atom stereocenters. The van der Waals surface area contributed by atoms with Gasteiger partial charge in [-0.1, -0.05) is 36.4 Å². The van der Waals surface area contributed by atoms with Crippen LogP contribution in [-0.4, -0.2) is 17.0 Å². The molecule has 0 saturated heterocycles. The lowest BCUT2D eigenvalue weighted by Crippen LogP contribution is -2.05. The Morgan fingerprint density at radius 1 is 0.952 bits per heavy atom. The Labute approximate surface area is 123 Å². The molecule has 4 nitrogen and oxygen atoms in total. The van der Waals surface area contributed by atoms with Crippen molar-refractivity contribution >= 4 is 17.6 Å². The summed E-state index contributed by atoms with van der Waals surface area (Å²) in [5.74, 6) is -0.877. The summed E-state index contributed by atoms with van der Waals surface area (Å²) in [6.07, 6.45) is 0.682. The Morgan fingerprint density at radius 2 is 1.48 bits per heavy atom. The largest absolute Gasteiger partial charge is 0.481 e. The van der Waals surface area contributed by atoms with E-state index < -0.39 is 5.97 Å². The lowest BCUT2D eigenvalue weighted by Gasteiger charge is -2.06. The molecule has 2 N–H and O–H groups in total. The van der Waals surface area contributed by atoms with Crippen molar-refractivity contribution in [3.63, 3.8) is 0 Å². The molecule has 108 valence electrons. The van der Waals surface area contributed by atoms with Gasteiger partial charge in [-0.05, 0) is 35.2 Å². The number of amides is 1. The summed E-state index contributed by atoms with van der Waals surface area (Å²) in [5, 5.41) is 11.4. The molecule has 0 saturated carbocycles. The fraction of sp³-hybridized carbons (Fsp3) is 0.176. The predicted molar refractivity (Wildman–Crippen MR) is 82.1 cm³/mol. The number of nitrogens with one attached hydrogen (secondary N) is 1. The number of benzene rings is 2. The highest BCUT2D eigenvalue weighted by Crippen LogP contribution is 2.22. The number of hydrogen-bond donors (Lipinski definition) is 2. The van der Waals surface area contributed by atoms with E-state index in [4.69, 9.17) is 5.11 Å². The number of carboxylic acids is 1. The van der Waals surface area contributed by atoms with Crippen LogP contribution in [0.5, 0.6) is 0 Å². The average molecular weight is 283 g/mol. The Kier molecular flexibility index (Phi) is 4.72. The molecule has 0 radical (unpaired) electrons. The van der Waals surface area contributed by atoms with Gasteiger partial charge >= 0.3 is 5.97 Å². The number of carbonyl (C=O) groups is 2. The van der Waals surface area contributed by atoms with Crippen LogP contribution in [0.25, 0.3) is 11.1 Å². The molecule has 0 aromatic heterocycles. The normalized spacial score (nSPS) is 10.1. The fourth-order valence-corrected chi connectivity index (χ4v) is 2.06. The molecular weight excluding hydrogens is 266 g/mol. The third-order valence-electron chi connectivity index (χ3n) is 3.12. The maximum atomic E-state index is 11.0. The van der Waals surface area contributed by atoms with Crippen LogP contribution in [0.1, 0.15) is 18.9 Å². The molecule has 0 aliphatic carbocycles. The third kappa shape index (κ3) is 4.45. The number of carbonyl (C=O) groups excluding carboxylic acids is 1. The van der Waals surface area contributed by atoms with E-state index >= 15 is 0 Å². The highest BCUT2D eigenvalue weighted by molar-refractivity contribution is 5.89. The van der Waals surface area contributed by atoms with E-state index in [0.717, 1.165) is 22.4 Å². The van der Waals surface area contributed by atoms with Crippen LogP contribution in [0.3, 0.4) is 0 Å². The van der Waals surface area contributed by atoms with E-state index in [1.54, 1.807) is 0 Å². The molecule has 21 heavy (non-hydrogen) atoms. The smallest absolute Gasteiger partial charge is 0.303 e. The van der Waals surface area contributed by atoms with Gasteiger partial charge in [-0.25, -0.2) is 0 Å². The fourth-order valence-electron chi connectivity index (χ4n) is 2.06. The molecular formula is C17H17NO3. The van der Waals surface area contributed by atoms with Gasteiger partial charge < -0.3 is 10.4 Å². The van der Waals surface area contributed by atoms with Gasteiger partial charge in [0.05, 0.1) is 0 Å². The number of carboxylic acid groups (broad SMARTS) is 1. The van der Waals surface area contributed by atoms with E-state index in [-0.39, 0.29) is 12.3 Å². The van der Waals surface area contributed by atoms with Gasteiger partial charge in [0, 0.05) is 19.0 Å². The first-order chi connectivity index (χ1) is 10.0. The van der Waals surface area contributed by atoms with Crippen LogP contribution < -0.4 is 5.32 Å². The summed E-state index contributed by atoms with van der Waals surface area (Å²) < 4.78 is 0. The minimum absolute atomic E-state index is 0.0921. The Bertz CT molecular complexity index is 630. The van der Waals surface area contributed by atoms with Gasteiger partial charge in [0.2, 0.25) is 5.91 Å². The van der Waals surface area contributed by atoms with E-state index in [1.807, 2.05) is 48.5 Å². The SMILES string of the molecule is CC(=O)Nc1ccc(-c2ccc(CCC(=O)O)cc2)cc1. The molecule has 2 aromatic rings. The highest BCUT2D eigenvalue weighted by atomic mass is 16.4. The van der Waals surface area contributed by atoms with Crippen LogP contribution in [0.2, 0.25) is 0 Å². The molecule has 0 aliphatic rings. The van der Waals surface area contributed by atoms with Gasteiger partial charge in [0.25, 0.3) is 0 Å². The lowest BCUT2D eigenvalue weighted by atomic mass is 10.0. The first-order valence-corrected chi connectivity index (χ1v) is 6.73. The van der Waals surface area contributed by atoms with Gasteiger partial charge in [-0.2, -0.15) is 0 Å². The minimum Gasteiger partial charge on any atom is -0.481 e. The summed E-state index contributed by atoms with van der Waals surface area (Å²) in [4.78, 5) is 21.5. The van der Waals surface area contributed by atoms with Crippen LogP contribution >= 0.6 is 0 Å². The van der Waals surface area contributed by atoms with Crippen molar-refractivity contribution in [2.24, 2.45) is 0 Å². The molecule has 0 spiro atoms. The first kappa shape index (κ1) is 14.8. The van der Waals surface area contributed by atoms with E-state index in [1.165, 1.54) is 6.92 Å². The molecule has 2 aromatic carbocycles. The average Bonchev–Trinajstić information content (AvgIpc) is 2.46. The lowest BCUT2D eigenvalue weighted by molar-refractivity contribution is -0.137.